The van der Waals surface area contributed by atoms with Gasteiger partial charge in [-0.25, -0.2) is 0 Å². The smallest absolute Gasteiger partial charge is 0.314 e. The monoisotopic (exact) mass is 466 g/mol. The standard InChI is InChI=1S/C30H42O4/c1-25(2)16-19-18-8-9-21-27(5)12-11-22(31)26(3,4)20(27)10-13-29(21,7)28(18,6)14-15-30(19,24(33)34)17-23(25)32/h8-9,20-21H,10-17H2,1-7H3,(H,33,34). The molecule has 5 aliphatic carbocycles. The summed E-state index contributed by atoms with van der Waals surface area (Å²) in [6, 6.07) is 0. The lowest BCUT2D eigenvalue weighted by molar-refractivity contribution is -0.169. The van der Waals surface area contributed by atoms with Crippen LogP contribution in [0.1, 0.15) is 99.8 Å². The Hall–Kier alpha value is -1.71. The number of fused-ring (bicyclic) bond motifs is 6. The Kier molecular flexibility index (Phi) is 4.75. The number of allylic oxidation sites excluding steroid dienone is 3. The Morgan fingerprint density at radius 3 is 2.24 bits per heavy atom. The Morgan fingerprint density at radius 1 is 0.912 bits per heavy atom. The molecule has 0 heterocycles. The fourth-order valence-corrected chi connectivity index (χ4v) is 9.57. The molecule has 6 atom stereocenters. The number of carboxylic acid groups (broad SMARTS) is 1. The van der Waals surface area contributed by atoms with Crippen LogP contribution in [0.3, 0.4) is 0 Å². The zero-order chi connectivity index (χ0) is 25.1. The maximum atomic E-state index is 13.0. The van der Waals surface area contributed by atoms with Crippen LogP contribution in [-0.4, -0.2) is 22.6 Å². The summed E-state index contributed by atoms with van der Waals surface area (Å²) in [7, 11) is 0. The van der Waals surface area contributed by atoms with Gasteiger partial charge in [0.2, 0.25) is 0 Å². The molecule has 5 aliphatic rings. The van der Waals surface area contributed by atoms with Gasteiger partial charge < -0.3 is 5.11 Å². The quantitative estimate of drug-likeness (QED) is 0.476. The third kappa shape index (κ3) is 2.64. The van der Waals surface area contributed by atoms with Gasteiger partial charge in [0.05, 0.1) is 5.41 Å². The molecule has 0 spiro atoms. The Morgan fingerprint density at radius 2 is 1.59 bits per heavy atom. The minimum atomic E-state index is -1.05. The van der Waals surface area contributed by atoms with E-state index >= 15 is 0 Å². The second kappa shape index (κ2) is 6.73. The van der Waals surface area contributed by atoms with E-state index < -0.39 is 16.8 Å². The van der Waals surface area contributed by atoms with Crippen molar-refractivity contribution in [3.05, 3.63) is 23.3 Å². The number of ketones is 2. The number of carbonyl (C=O) groups excluding carboxylic acids is 2. The van der Waals surface area contributed by atoms with Gasteiger partial charge in [-0.1, -0.05) is 60.6 Å². The molecule has 3 saturated carbocycles. The van der Waals surface area contributed by atoms with E-state index in [9.17, 15) is 19.5 Å². The number of carbonyl (C=O) groups is 3. The van der Waals surface area contributed by atoms with Crippen LogP contribution in [0, 0.1) is 44.3 Å². The van der Waals surface area contributed by atoms with Crippen LogP contribution < -0.4 is 0 Å². The van der Waals surface area contributed by atoms with Crippen molar-refractivity contribution >= 4 is 17.5 Å². The van der Waals surface area contributed by atoms with Crippen molar-refractivity contribution in [3.63, 3.8) is 0 Å². The molecule has 0 aromatic carbocycles. The molecule has 0 radical (unpaired) electrons. The first-order valence-corrected chi connectivity index (χ1v) is 13.3. The molecular formula is C30H42O4. The maximum Gasteiger partial charge on any atom is 0.314 e. The van der Waals surface area contributed by atoms with E-state index in [4.69, 9.17) is 0 Å². The molecule has 0 bridgehead atoms. The van der Waals surface area contributed by atoms with Crippen molar-refractivity contribution in [1.29, 1.82) is 0 Å². The Bertz CT molecular complexity index is 1060. The summed E-state index contributed by atoms with van der Waals surface area (Å²) < 4.78 is 0. The summed E-state index contributed by atoms with van der Waals surface area (Å²) >= 11 is 0. The number of carboxylic acids is 1. The van der Waals surface area contributed by atoms with E-state index in [0.29, 0.717) is 36.9 Å². The minimum absolute atomic E-state index is 0.00205. The Balaban J connectivity index is 1.70. The molecule has 0 amide bonds. The van der Waals surface area contributed by atoms with Gasteiger partial charge in [0.25, 0.3) is 0 Å². The molecule has 34 heavy (non-hydrogen) atoms. The lowest BCUT2D eigenvalue weighted by Gasteiger charge is -2.68. The maximum absolute atomic E-state index is 13.0. The van der Waals surface area contributed by atoms with E-state index in [1.54, 1.807) is 0 Å². The van der Waals surface area contributed by atoms with Crippen LogP contribution in [0.4, 0.5) is 0 Å². The van der Waals surface area contributed by atoms with Crippen molar-refractivity contribution in [1.82, 2.24) is 0 Å². The predicted octanol–water partition coefficient (Wildman–Crippen LogP) is 6.54. The summed E-state index contributed by atoms with van der Waals surface area (Å²) in [4.78, 5) is 38.6. The van der Waals surface area contributed by atoms with Crippen LogP contribution in [0.15, 0.2) is 23.3 Å². The van der Waals surface area contributed by atoms with Crippen LogP contribution in [0.25, 0.3) is 0 Å². The summed E-state index contributed by atoms with van der Waals surface area (Å²) in [6.45, 7) is 15.5. The van der Waals surface area contributed by atoms with Gasteiger partial charge >= 0.3 is 5.97 Å². The minimum Gasteiger partial charge on any atom is -0.481 e. The SMILES string of the molecule is CC1(C)CC2=C3C=CC4C5(C)CCC(=O)C(C)(C)C5CCC4(C)C3(C)CCC2(C(=O)O)CC1=O. The molecule has 0 saturated heterocycles. The predicted molar refractivity (Wildman–Crippen MR) is 132 cm³/mol. The number of rotatable bonds is 1. The van der Waals surface area contributed by atoms with Crippen molar-refractivity contribution < 1.29 is 19.5 Å². The molecular weight excluding hydrogens is 424 g/mol. The highest BCUT2D eigenvalue weighted by atomic mass is 16.4. The van der Waals surface area contributed by atoms with Crippen molar-refractivity contribution in [2.75, 3.05) is 0 Å². The normalized spacial score (nSPS) is 46.8. The van der Waals surface area contributed by atoms with Gasteiger partial charge in [0, 0.05) is 23.7 Å². The highest BCUT2D eigenvalue weighted by molar-refractivity contribution is 5.94. The molecule has 4 nitrogen and oxygen atoms in total. The number of aliphatic carboxylic acids is 1. The van der Waals surface area contributed by atoms with E-state index in [0.717, 1.165) is 31.3 Å². The fraction of sp³-hybridized carbons (Fsp3) is 0.767. The number of hydrogen-bond donors (Lipinski definition) is 1. The zero-order valence-electron chi connectivity index (χ0n) is 22.1. The molecule has 4 heteroatoms. The fourth-order valence-electron chi connectivity index (χ4n) is 9.57. The third-order valence-corrected chi connectivity index (χ3v) is 12.1. The first-order chi connectivity index (χ1) is 15.6. The number of Topliss-reactive ketones (excluding diaryl/α,β-unsaturated/α-hetero) is 2. The lowest BCUT2D eigenvalue weighted by atomic mass is 9.35. The molecule has 6 unspecified atom stereocenters. The largest absolute Gasteiger partial charge is 0.481 e. The summed E-state index contributed by atoms with van der Waals surface area (Å²) in [5.41, 5.74) is 0.287. The van der Waals surface area contributed by atoms with E-state index in [1.807, 2.05) is 13.8 Å². The van der Waals surface area contributed by atoms with Gasteiger partial charge in [0.15, 0.2) is 0 Å². The first kappa shape index (κ1) is 24.0. The lowest BCUT2D eigenvalue weighted by Crippen LogP contribution is -2.63. The van der Waals surface area contributed by atoms with Crippen LogP contribution in [0.5, 0.6) is 0 Å². The van der Waals surface area contributed by atoms with Crippen molar-refractivity contribution in [3.8, 4) is 0 Å². The van der Waals surface area contributed by atoms with E-state index in [2.05, 4.69) is 46.8 Å². The molecule has 1 N–H and O–H groups in total. The third-order valence-electron chi connectivity index (χ3n) is 12.1. The van der Waals surface area contributed by atoms with Gasteiger partial charge in [0.1, 0.15) is 11.6 Å². The highest BCUT2D eigenvalue weighted by Gasteiger charge is 2.67. The molecule has 5 rings (SSSR count). The summed E-state index contributed by atoms with van der Waals surface area (Å²) in [6.07, 6.45) is 10.3. The highest BCUT2D eigenvalue weighted by Crippen LogP contribution is 2.73. The average molecular weight is 467 g/mol. The summed E-state index contributed by atoms with van der Waals surface area (Å²) in [5.74, 6) is 0.384. The van der Waals surface area contributed by atoms with E-state index in [1.165, 1.54) is 5.57 Å². The van der Waals surface area contributed by atoms with Gasteiger partial charge in [-0.3, -0.25) is 14.4 Å². The average Bonchev–Trinajstić information content (AvgIpc) is 2.72. The van der Waals surface area contributed by atoms with Crippen LogP contribution in [0.2, 0.25) is 0 Å². The van der Waals surface area contributed by atoms with E-state index in [-0.39, 0.29) is 33.9 Å². The molecule has 3 fully saturated rings. The summed E-state index contributed by atoms with van der Waals surface area (Å²) in [5, 5.41) is 10.4. The topological polar surface area (TPSA) is 71.4 Å². The van der Waals surface area contributed by atoms with Crippen molar-refractivity contribution in [2.45, 2.75) is 99.8 Å². The second-order valence-corrected chi connectivity index (χ2v) is 14.3. The molecule has 0 aromatic rings. The van der Waals surface area contributed by atoms with Gasteiger partial charge in [-0.2, -0.15) is 0 Å². The molecule has 0 aliphatic heterocycles. The zero-order valence-corrected chi connectivity index (χ0v) is 22.1. The van der Waals surface area contributed by atoms with Crippen molar-refractivity contribution in [2.24, 2.45) is 44.3 Å². The molecule has 0 aromatic heterocycles. The van der Waals surface area contributed by atoms with Gasteiger partial charge in [-0.15, -0.1) is 0 Å². The Labute approximate surface area is 204 Å². The number of hydrogen-bond acceptors (Lipinski definition) is 3. The van der Waals surface area contributed by atoms with Crippen LogP contribution in [-0.2, 0) is 14.4 Å². The molecule has 186 valence electrons. The first-order valence-electron chi connectivity index (χ1n) is 13.3. The van der Waals surface area contributed by atoms with Crippen LogP contribution >= 0.6 is 0 Å². The second-order valence-electron chi connectivity index (χ2n) is 14.3. The van der Waals surface area contributed by atoms with Gasteiger partial charge in [-0.05, 0) is 77.8 Å².